The van der Waals surface area contributed by atoms with E-state index in [0.717, 1.165) is 12.8 Å². The lowest BCUT2D eigenvalue weighted by molar-refractivity contribution is -0.137. The first-order chi connectivity index (χ1) is 14.3. The zero-order valence-corrected chi connectivity index (χ0v) is 18.0. The number of ketones is 1. The molecule has 2 N–H and O–H groups in total. The molecule has 2 amide bonds. The standard InChI is InChI=1S/C21H25FN4O3S/c1-12(23-3)19(28)24-13(2)21(29)26-10-4-5-17(26)20-25-16(11-30-20)18(27)14-6-8-15(22)9-7-14/h6-9,11-13,17,23H,4-5,10H2,1-3H3,(H,24,28)/t12-,13-,17-/m0/s1. The van der Waals surface area contributed by atoms with Crippen LogP contribution in [0.4, 0.5) is 4.39 Å². The topological polar surface area (TPSA) is 91.4 Å². The van der Waals surface area contributed by atoms with Gasteiger partial charge in [-0.15, -0.1) is 11.3 Å². The Morgan fingerprint density at radius 2 is 1.90 bits per heavy atom. The fourth-order valence-electron chi connectivity index (χ4n) is 3.36. The number of amides is 2. The number of thiazole rings is 1. The van der Waals surface area contributed by atoms with Crippen molar-refractivity contribution in [2.45, 2.75) is 44.8 Å². The highest BCUT2D eigenvalue weighted by Gasteiger charge is 2.35. The van der Waals surface area contributed by atoms with Gasteiger partial charge in [-0.3, -0.25) is 14.4 Å². The molecular weight excluding hydrogens is 407 g/mol. The first-order valence-corrected chi connectivity index (χ1v) is 10.7. The van der Waals surface area contributed by atoms with Gasteiger partial charge in [-0.25, -0.2) is 9.37 Å². The highest BCUT2D eigenvalue weighted by atomic mass is 32.1. The quantitative estimate of drug-likeness (QED) is 0.655. The Balaban J connectivity index is 1.71. The summed E-state index contributed by atoms with van der Waals surface area (Å²) in [5.41, 5.74) is 0.646. The summed E-state index contributed by atoms with van der Waals surface area (Å²) in [5, 5.41) is 7.94. The summed E-state index contributed by atoms with van der Waals surface area (Å²) in [6.07, 6.45) is 1.57. The van der Waals surface area contributed by atoms with Gasteiger partial charge >= 0.3 is 0 Å². The summed E-state index contributed by atoms with van der Waals surface area (Å²) in [6, 6.07) is 4.06. The molecule has 0 bridgehead atoms. The Labute approximate surface area is 178 Å². The van der Waals surface area contributed by atoms with Crippen LogP contribution in [-0.2, 0) is 9.59 Å². The van der Waals surface area contributed by atoms with E-state index in [-0.39, 0.29) is 29.3 Å². The molecule has 0 spiro atoms. The molecule has 1 aromatic carbocycles. The maximum atomic E-state index is 13.1. The Kier molecular flexibility index (Phi) is 6.94. The van der Waals surface area contributed by atoms with Gasteiger partial charge in [0.2, 0.25) is 17.6 Å². The van der Waals surface area contributed by atoms with Gasteiger partial charge in [0.05, 0.1) is 12.1 Å². The molecule has 2 aromatic rings. The van der Waals surface area contributed by atoms with Crippen molar-refractivity contribution in [1.82, 2.24) is 20.5 Å². The zero-order chi connectivity index (χ0) is 21.8. The maximum absolute atomic E-state index is 13.1. The molecule has 160 valence electrons. The van der Waals surface area contributed by atoms with Crippen LogP contribution in [0.2, 0.25) is 0 Å². The highest BCUT2D eigenvalue weighted by molar-refractivity contribution is 7.10. The monoisotopic (exact) mass is 432 g/mol. The third kappa shape index (κ3) is 4.73. The lowest BCUT2D eigenvalue weighted by atomic mass is 10.1. The predicted molar refractivity (Wildman–Crippen MR) is 112 cm³/mol. The number of likely N-dealkylation sites (tertiary alicyclic amines) is 1. The number of rotatable bonds is 7. The molecule has 3 atom stereocenters. The third-order valence-electron chi connectivity index (χ3n) is 5.24. The van der Waals surface area contributed by atoms with Gasteiger partial charge in [0.1, 0.15) is 22.6 Å². The number of aromatic nitrogens is 1. The molecule has 3 rings (SSSR count). The van der Waals surface area contributed by atoms with Crippen molar-refractivity contribution >= 4 is 28.9 Å². The van der Waals surface area contributed by atoms with E-state index in [1.165, 1.54) is 35.6 Å². The summed E-state index contributed by atoms with van der Waals surface area (Å²) in [6.45, 7) is 3.97. The number of carbonyl (C=O) groups is 3. The average Bonchev–Trinajstić information content (AvgIpc) is 3.41. The molecule has 1 aromatic heterocycles. The van der Waals surface area contributed by atoms with Crippen LogP contribution in [0.3, 0.4) is 0 Å². The molecule has 2 heterocycles. The molecular formula is C21H25FN4O3S. The van der Waals surface area contributed by atoms with Gasteiger partial charge in [-0.2, -0.15) is 0 Å². The van der Waals surface area contributed by atoms with Crippen LogP contribution in [0.25, 0.3) is 0 Å². The Morgan fingerprint density at radius 3 is 2.57 bits per heavy atom. The summed E-state index contributed by atoms with van der Waals surface area (Å²) < 4.78 is 13.1. The van der Waals surface area contributed by atoms with Crippen molar-refractivity contribution in [3.05, 3.63) is 51.7 Å². The number of hydrogen-bond acceptors (Lipinski definition) is 6. The number of nitrogens with one attached hydrogen (secondary N) is 2. The summed E-state index contributed by atoms with van der Waals surface area (Å²) in [4.78, 5) is 43.8. The summed E-state index contributed by atoms with van der Waals surface area (Å²) in [5.74, 6) is -1.10. The summed E-state index contributed by atoms with van der Waals surface area (Å²) >= 11 is 1.33. The highest BCUT2D eigenvalue weighted by Crippen LogP contribution is 2.34. The van der Waals surface area contributed by atoms with Crippen molar-refractivity contribution in [1.29, 1.82) is 0 Å². The third-order valence-corrected chi connectivity index (χ3v) is 6.18. The second-order valence-corrected chi connectivity index (χ2v) is 8.23. The Morgan fingerprint density at radius 1 is 1.20 bits per heavy atom. The van der Waals surface area contributed by atoms with Crippen molar-refractivity contribution in [2.75, 3.05) is 13.6 Å². The number of hydrogen-bond donors (Lipinski definition) is 2. The van der Waals surface area contributed by atoms with Crippen LogP contribution in [0, 0.1) is 5.82 Å². The van der Waals surface area contributed by atoms with Crippen molar-refractivity contribution < 1.29 is 18.8 Å². The number of carbonyl (C=O) groups excluding carboxylic acids is 3. The average molecular weight is 433 g/mol. The second kappa shape index (κ2) is 9.44. The smallest absolute Gasteiger partial charge is 0.245 e. The number of nitrogens with zero attached hydrogens (tertiary/aromatic N) is 2. The van der Waals surface area contributed by atoms with Crippen LogP contribution < -0.4 is 10.6 Å². The molecule has 30 heavy (non-hydrogen) atoms. The van der Waals surface area contributed by atoms with Gasteiger partial charge in [-0.1, -0.05) is 0 Å². The van der Waals surface area contributed by atoms with E-state index >= 15 is 0 Å². The van der Waals surface area contributed by atoms with E-state index < -0.39 is 17.9 Å². The number of halogens is 1. The molecule has 1 aliphatic heterocycles. The molecule has 7 nitrogen and oxygen atoms in total. The summed E-state index contributed by atoms with van der Waals surface area (Å²) in [7, 11) is 1.68. The van der Waals surface area contributed by atoms with Gasteiger partial charge in [-0.05, 0) is 58.0 Å². The van der Waals surface area contributed by atoms with Gasteiger partial charge in [0.15, 0.2) is 0 Å². The minimum atomic E-state index is -0.658. The van der Waals surface area contributed by atoms with Crippen molar-refractivity contribution in [2.24, 2.45) is 0 Å². The van der Waals surface area contributed by atoms with Crippen LogP contribution in [0.15, 0.2) is 29.6 Å². The zero-order valence-electron chi connectivity index (χ0n) is 17.1. The SMILES string of the molecule is CN[C@@H](C)C(=O)N[C@@H](C)C(=O)N1CCC[C@H]1c1nc(C(=O)c2ccc(F)cc2)cs1. The van der Waals surface area contributed by atoms with Gasteiger partial charge in [0.25, 0.3) is 0 Å². The van der Waals surface area contributed by atoms with Gasteiger partial charge < -0.3 is 15.5 Å². The van der Waals surface area contributed by atoms with Crippen LogP contribution in [0.5, 0.6) is 0 Å². The maximum Gasteiger partial charge on any atom is 0.245 e. The van der Waals surface area contributed by atoms with E-state index in [1.54, 1.807) is 31.2 Å². The van der Waals surface area contributed by atoms with Crippen molar-refractivity contribution in [3.8, 4) is 0 Å². The van der Waals surface area contributed by atoms with E-state index in [4.69, 9.17) is 0 Å². The van der Waals surface area contributed by atoms with Crippen molar-refractivity contribution in [3.63, 3.8) is 0 Å². The largest absolute Gasteiger partial charge is 0.343 e. The Hall–Kier alpha value is -2.65. The second-order valence-electron chi connectivity index (χ2n) is 7.34. The first kappa shape index (κ1) is 22.0. The normalized spacial score (nSPS) is 18.1. The van der Waals surface area contributed by atoms with Crippen LogP contribution in [0.1, 0.15) is 53.8 Å². The molecule has 9 heteroatoms. The van der Waals surface area contributed by atoms with E-state index in [0.29, 0.717) is 17.1 Å². The fraction of sp³-hybridized carbons (Fsp3) is 0.429. The van der Waals surface area contributed by atoms with Crippen LogP contribution in [-0.4, -0.2) is 53.2 Å². The lowest BCUT2D eigenvalue weighted by Crippen LogP contribution is -2.51. The number of likely N-dealkylation sites (N-methyl/N-ethyl adjacent to an activating group) is 1. The first-order valence-electron chi connectivity index (χ1n) is 9.85. The van der Waals surface area contributed by atoms with E-state index in [9.17, 15) is 18.8 Å². The predicted octanol–water partition coefficient (Wildman–Crippen LogP) is 2.29. The molecule has 1 aliphatic rings. The van der Waals surface area contributed by atoms with E-state index in [1.807, 2.05) is 0 Å². The molecule has 0 radical (unpaired) electrons. The molecule has 0 unspecified atom stereocenters. The lowest BCUT2D eigenvalue weighted by Gasteiger charge is -2.27. The fourth-order valence-corrected chi connectivity index (χ4v) is 4.31. The minimum Gasteiger partial charge on any atom is -0.343 e. The van der Waals surface area contributed by atoms with Gasteiger partial charge in [0, 0.05) is 17.5 Å². The molecule has 1 fully saturated rings. The van der Waals surface area contributed by atoms with Crippen LogP contribution >= 0.6 is 11.3 Å². The molecule has 1 saturated heterocycles. The molecule has 0 saturated carbocycles. The minimum absolute atomic E-state index is 0.171. The number of benzene rings is 1. The van der Waals surface area contributed by atoms with E-state index in [2.05, 4.69) is 15.6 Å². The molecule has 0 aliphatic carbocycles. The Bertz CT molecular complexity index is 931.